The molecule has 0 spiro atoms. The summed E-state index contributed by atoms with van der Waals surface area (Å²) in [5.74, 6) is 0.867. The lowest BCUT2D eigenvalue weighted by atomic mass is 9.94. The van der Waals surface area contributed by atoms with E-state index in [0.717, 1.165) is 43.6 Å². The maximum absolute atomic E-state index is 14.5. The number of anilines is 3. The summed E-state index contributed by atoms with van der Waals surface area (Å²) in [6, 6.07) is 3.07. The van der Waals surface area contributed by atoms with E-state index < -0.39 is 5.82 Å². The zero-order chi connectivity index (χ0) is 25.3. The van der Waals surface area contributed by atoms with Gasteiger partial charge < -0.3 is 14.6 Å². The van der Waals surface area contributed by atoms with Crippen molar-refractivity contribution in [2.45, 2.75) is 60.8 Å². The Labute approximate surface area is 207 Å². The number of nitrogens with zero attached hydrogens (tertiary/aromatic N) is 5. The van der Waals surface area contributed by atoms with Crippen molar-refractivity contribution >= 4 is 28.9 Å². The molecule has 0 radical (unpaired) electrons. The Morgan fingerprint density at radius 3 is 2.80 bits per heavy atom. The molecule has 0 fully saturated rings. The second-order valence-corrected chi connectivity index (χ2v) is 10.9. The molecule has 1 atom stereocenters. The highest BCUT2D eigenvalue weighted by atomic mass is 19.1. The molecule has 1 N–H and O–H groups in total. The van der Waals surface area contributed by atoms with Gasteiger partial charge in [0.15, 0.2) is 11.5 Å². The molecule has 4 rings (SSSR count). The van der Waals surface area contributed by atoms with Crippen molar-refractivity contribution in [1.29, 1.82) is 0 Å². The predicted octanol–water partition coefficient (Wildman–Crippen LogP) is 6.06. The minimum atomic E-state index is -0.475. The van der Waals surface area contributed by atoms with Crippen LogP contribution in [0.5, 0.6) is 0 Å². The number of halogens is 1. The van der Waals surface area contributed by atoms with Gasteiger partial charge in [-0.2, -0.15) is 0 Å². The Kier molecular flexibility index (Phi) is 7.01. The van der Waals surface area contributed by atoms with Crippen molar-refractivity contribution in [3.8, 4) is 0 Å². The molecule has 4 heterocycles. The first-order valence-corrected chi connectivity index (χ1v) is 12.5. The van der Waals surface area contributed by atoms with Gasteiger partial charge >= 0.3 is 6.03 Å². The van der Waals surface area contributed by atoms with Crippen LogP contribution in [0.3, 0.4) is 0 Å². The standard InChI is InChI=1S/C27H37FN6O/c1-7-18(2)9-12-32(17-27(4,5)6)23-8-11-29-24-21(23)10-13-34(24)26(35)31-20-14-22(28)25-30-19(3)15-33(25)16-20/h8,11,14-16,18H,7,9-10,12-13,17H2,1-6H3,(H,31,35). The van der Waals surface area contributed by atoms with E-state index in [9.17, 15) is 9.18 Å². The third-order valence-corrected chi connectivity index (χ3v) is 6.57. The average molecular weight is 481 g/mol. The quantitative estimate of drug-likeness (QED) is 0.446. The summed E-state index contributed by atoms with van der Waals surface area (Å²) in [5, 5.41) is 2.85. The number of rotatable bonds is 7. The maximum Gasteiger partial charge on any atom is 0.327 e. The number of amides is 2. The molecule has 8 heteroatoms. The number of urea groups is 1. The van der Waals surface area contributed by atoms with Crippen molar-refractivity contribution in [3.63, 3.8) is 0 Å². The normalized spacial score (nSPS) is 14.3. The molecule has 0 aromatic carbocycles. The molecule has 0 aliphatic carbocycles. The zero-order valence-corrected chi connectivity index (χ0v) is 21.7. The predicted molar refractivity (Wildman–Crippen MR) is 140 cm³/mol. The molecule has 0 saturated heterocycles. The van der Waals surface area contributed by atoms with Gasteiger partial charge in [0.2, 0.25) is 0 Å². The van der Waals surface area contributed by atoms with Crippen LogP contribution in [0.25, 0.3) is 5.65 Å². The van der Waals surface area contributed by atoms with Crippen LogP contribution in [0.2, 0.25) is 0 Å². The van der Waals surface area contributed by atoms with Crippen LogP contribution in [0, 0.1) is 24.1 Å². The molecule has 7 nitrogen and oxygen atoms in total. The molecule has 0 bridgehead atoms. The number of aromatic nitrogens is 3. The molecular weight excluding hydrogens is 443 g/mol. The van der Waals surface area contributed by atoms with E-state index in [0.29, 0.717) is 29.7 Å². The molecule has 2 amide bonds. The van der Waals surface area contributed by atoms with Crippen molar-refractivity contribution in [1.82, 2.24) is 14.4 Å². The lowest BCUT2D eigenvalue weighted by Crippen LogP contribution is -2.35. The van der Waals surface area contributed by atoms with E-state index in [-0.39, 0.29) is 17.1 Å². The fourth-order valence-corrected chi connectivity index (χ4v) is 4.64. The van der Waals surface area contributed by atoms with Crippen LogP contribution in [0.15, 0.2) is 30.7 Å². The summed E-state index contributed by atoms with van der Waals surface area (Å²) in [6.07, 6.45) is 8.22. The summed E-state index contributed by atoms with van der Waals surface area (Å²) >= 11 is 0. The number of carbonyl (C=O) groups excluding carboxylic acids is 1. The van der Waals surface area contributed by atoms with E-state index in [4.69, 9.17) is 0 Å². The Bertz CT molecular complexity index is 1210. The number of fused-ring (bicyclic) bond motifs is 2. The number of hydrogen-bond acceptors (Lipinski definition) is 4. The van der Waals surface area contributed by atoms with Crippen molar-refractivity contribution in [2.24, 2.45) is 11.3 Å². The number of imidazole rings is 1. The highest BCUT2D eigenvalue weighted by Gasteiger charge is 2.30. The van der Waals surface area contributed by atoms with E-state index in [2.05, 4.69) is 60.9 Å². The molecule has 1 unspecified atom stereocenters. The van der Waals surface area contributed by atoms with Crippen LogP contribution >= 0.6 is 0 Å². The summed E-state index contributed by atoms with van der Waals surface area (Å²) in [7, 11) is 0. The number of pyridine rings is 2. The highest BCUT2D eigenvalue weighted by molar-refractivity contribution is 6.03. The van der Waals surface area contributed by atoms with E-state index in [1.807, 2.05) is 0 Å². The van der Waals surface area contributed by atoms with Gasteiger partial charge in [-0.25, -0.2) is 19.2 Å². The van der Waals surface area contributed by atoms with Gasteiger partial charge in [0.05, 0.1) is 11.4 Å². The molecule has 0 saturated carbocycles. The van der Waals surface area contributed by atoms with Crippen LogP contribution < -0.4 is 15.1 Å². The smallest absolute Gasteiger partial charge is 0.327 e. The van der Waals surface area contributed by atoms with Gasteiger partial charge in [0.1, 0.15) is 5.82 Å². The topological polar surface area (TPSA) is 65.8 Å². The van der Waals surface area contributed by atoms with Crippen molar-refractivity contribution < 1.29 is 9.18 Å². The van der Waals surface area contributed by atoms with Gasteiger partial charge in [-0.1, -0.05) is 41.0 Å². The Morgan fingerprint density at radius 1 is 1.31 bits per heavy atom. The Hall–Kier alpha value is -3.16. The summed E-state index contributed by atoms with van der Waals surface area (Å²) in [4.78, 5) is 26.1. The van der Waals surface area contributed by atoms with Crippen molar-refractivity contribution in [3.05, 3.63) is 47.8 Å². The zero-order valence-electron chi connectivity index (χ0n) is 21.7. The molecule has 188 valence electrons. The first-order valence-electron chi connectivity index (χ1n) is 12.5. The third-order valence-electron chi connectivity index (χ3n) is 6.57. The molecule has 1 aliphatic rings. The molecule has 1 aliphatic heterocycles. The average Bonchev–Trinajstić information content (AvgIpc) is 3.38. The van der Waals surface area contributed by atoms with E-state index in [1.54, 1.807) is 34.8 Å². The van der Waals surface area contributed by atoms with Crippen molar-refractivity contribution in [2.75, 3.05) is 34.8 Å². The van der Waals surface area contributed by atoms with Gasteiger partial charge in [0.25, 0.3) is 0 Å². The highest BCUT2D eigenvalue weighted by Crippen LogP contribution is 2.36. The lowest BCUT2D eigenvalue weighted by molar-refractivity contribution is 0.257. The van der Waals surface area contributed by atoms with Gasteiger partial charge in [-0.3, -0.25) is 4.90 Å². The molecule has 35 heavy (non-hydrogen) atoms. The summed E-state index contributed by atoms with van der Waals surface area (Å²) in [5.41, 5.74) is 3.73. The number of hydrogen-bond donors (Lipinski definition) is 1. The number of aryl methyl sites for hydroxylation is 1. The SMILES string of the molecule is CCC(C)CCN(CC(C)(C)C)c1ccnc2c1CCN2C(=O)Nc1cc(F)c2nc(C)cn2c1. The summed E-state index contributed by atoms with van der Waals surface area (Å²) in [6.45, 7) is 15.5. The molecular formula is C27H37FN6O. The maximum atomic E-state index is 14.5. The Morgan fingerprint density at radius 2 is 2.09 bits per heavy atom. The first kappa shape index (κ1) is 24.9. The van der Waals surface area contributed by atoms with Gasteiger partial charge in [-0.05, 0) is 37.2 Å². The third kappa shape index (κ3) is 5.57. The lowest BCUT2D eigenvalue weighted by Gasteiger charge is -2.34. The van der Waals surface area contributed by atoms with E-state index in [1.165, 1.54) is 6.07 Å². The largest absolute Gasteiger partial charge is 0.371 e. The minimum Gasteiger partial charge on any atom is -0.371 e. The first-order chi connectivity index (χ1) is 16.6. The van der Waals surface area contributed by atoms with Crippen LogP contribution in [0.1, 0.15) is 58.7 Å². The summed E-state index contributed by atoms with van der Waals surface area (Å²) < 4.78 is 16.1. The second-order valence-electron chi connectivity index (χ2n) is 10.9. The number of nitrogens with one attached hydrogen (secondary N) is 1. The van der Waals surface area contributed by atoms with Gasteiger partial charge in [-0.15, -0.1) is 0 Å². The fraction of sp³-hybridized carbons (Fsp3) is 0.519. The second kappa shape index (κ2) is 9.84. The van der Waals surface area contributed by atoms with Crippen LogP contribution in [0.4, 0.5) is 26.4 Å². The van der Waals surface area contributed by atoms with Crippen LogP contribution in [-0.2, 0) is 6.42 Å². The van der Waals surface area contributed by atoms with Gasteiger partial charge in [0, 0.05) is 55.5 Å². The molecule has 3 aromatic heterocycles. The van der Waals surface area contributed by atoms with E-state index >= 15 is 0 Å². The molecule has 3 aromatic rings. The minimum absolute atomic E-state index is 0.135. The van der Waals surface area contributed by atoms with Crippen LogP contribution in [-0.4, -0.2) is 40.0 Å². The fourth-order valence-electron chi connectivity index (χ4n) is 4.64. The number of carbonyl (C=O) groups is 1. The Balaban J connectivity index is 1.58. The monoisotopic (exact) mass is 480 g/mol.